The number of H-pyrrole nitrogens is 1. The Morgan fingerprint density at radius 3 is 2.20 bits per heavy atom. The number of phosphoric ester groups is 1. The number of aliphatic hydroxyl groups is 2. The summed E-state index contributed by atoms with van der Waals surface area (Å²) in [6.45, 7) is -1.11. The lowest BCUT2D eigenvalue weighted by atomic mass is 10.1. The Morgan fingerprint density at radius 2 is 1.63 bits per heavy atom. The predicted octanol–water partition coefficient (Wildman–Crippen LogP) is -2.80. The monoisotopic (exact) mass is 500 g/mol. The van der Waals surface area contributed by atoms with Gasteiger partial charge in [0.05, 0.1) is 12.8 Å². The van der Waals surface area contributed by atoms with Crippen molar-refractivity contribution in [3.05, 3.63) is 27.0 Å². The number of phosphoric acid groups is 3. The number of hydrogen-bond acceptors (Lipinski definition) is 12. The van der Waals surface area contributed by atoms with Gasteiger partial charge in [0.25, 0.3) is 5.56 Å². The van der Waals surface area contributed by atoms with E-state index in [0.29, 0.717) is 10.8 Å². The fraction of sp³-hybridized carbons (Fsp3) is 0.556. The van der Waals surface area contributed by atoms with Gasteiger partial charge >= 0.3 is 29.2 Å². The Bertz CT molecular complexity index is 1040. The summed E-state index contributed by atoms with van der Waals surface area (Å²) in [6.07, 6.45) is -6.52. The number of aromatic hydroxyl groups is 1. The van der Waals surface area contributed by atoms with Crippen LogP contribution in [0.3, 0.4) is 0 Å². The minimum atomic E-state index is -5.76. The zero-order valence-electron chi connectivity index (χ0n) is 14.2. The van der Waals surface area contributed by atoms with Crippen LogP contribution >= 0.6 is 23.5 Å². The predicted molar refractivity (Wildman–Crippen MR) is 88.7 cm³/mol. The first-order chi connectivity index (χ1) is 13.5. The van der Waals surface area contributed by atoms with Crippen molar-refractivity contribution in [2.75, 3.05) is 6.61 Å². The quantitative estimate of drug-likeness (QED) is 0.167. The van der Waals surface area contributed by atoms with E-state index in [1.54, 1.807) is 4.98 Å². The third kappa shape index (κ3) is 6.38. The van der Waals surface area contributed by atoms with Crippen molar-refractivity contribution in [1.82, 2.24) is 9.55 Å². The maximum Gasteiger partial charge on any atom is 0.490 e. The summed E-state index contributed by atoms with van der Waals surface area (Å²) in [5.74, 6) is -0.934. The average Bonchev–Trinajstić information content (AvgIpc) is 2.81. The van der Waals surface area contributed by atoms with Gasteiger partial charge in [0, 0.05) is 0 Å². The summed E-state index contributed by atoms with van der Waals surface area (Å²) in [5, 5.41) is 29.3. The van der Waals surface area contributed by atoms with E-state index in [1.807, 2.05) is 0 Å². The van der Waals surface area contributed by atoms with E-state index in [1.165, 1.54) is 0 Å². The Hall–Kier alpha value is -1.23. The van der Waals surface area contributed by atoms with Crippen LogP contribution in [-0.4, -0.2) is 69.4 Å². The molecule has 1 fully saturated rings. The second kappa shape index (κ2) is 8.72. The number of nitrogens with one attached hydrogen (secondary N) is 1. The summed E-state index contributed by atoms with van der Waals surface area (Å²) in [7, 11) is -16.9. The highest BCUT2D eigenvalue weighted by atomic mass is 31.3. The van der Waals surface area contributed by atoms with Crippen LogP contribution in [0.4, 0.5) is 0 Å². The van der Waals surface area contributed by atoms with Gasteiger partial charge in [-0.05, 0) is 0 Å². The van der Waals surface area contributed by atoms with Crippen LogP contribution < -0.4 is 11.2 Å². The molecule has 0 bridgehead atoms. The summed E-state index contributed by atoms with van der Waals surface area (Å²) in [4.78, 5) is 59.9. The fourth-order valence-electron chi connectivity index (χ4n) is 2.23. The minimum absolute atomic E-state index is 0.495. The number of aromatic nitrogens is 2. The first-order valence-corrected chi connectivity index (χ1v) is 11.9. The second-order valence-electron chi connectivity index (χ2n) is 5.61. The maximum absolute atomic E-state index is 11.8. The lowest BCUT2D eigenvalue weighted by Gasteiger charge is -2.19. The number of rotatable bonds is 8. The molecular weight excluding hydrogens is 485 g/mol. The molecule has 18 nitrogen and oxygen atoms in total. The van der Waals surface area contributed by atoms with Crippen molar-refractivity contribution < 1.29 is 66.5 Å². The molecule has 1 aliphatic heterocycles. The smallest absolute Gasteiger partial charge is 0.490 e. The minimum Gasteiger partial charge on any atom is -0.502 e. The average molecular weight is 500 g/mol. The highest BCUT2D eigenvalue weighted by molar-refractivity contribution is 7.66. The SMILES string of the molecule is O=c1[nH]c(=O)n([C@@H]2O[C@H](COP(=O)(O)OP(=O)(O)OP(=O)(O)O)C(O)[C@@H]2O)cc1O. The molecule has 1 saturated heterocycles. The molecule has 30 heavy (non-hydrogen) atoms. The van der Waals surface area contributed by atoms with E-state index >= 15 is 0 Å². The molecule has 1 aromatic heterocycles. The Morgan fingerprint density at radius 1 is 1.03 bits per heavy atom. The van der Waals surface area contributed by atoms with Crippen LogP contribution in [0.25, 0.3) is 0 Å². The zero-order valence-corrected chi connectivity index (χ0v) is 16.9. The van der Waals surface area contributed by atoms with Crippen molar-refractivity contribution >= 4 is 23.5 Å². The van der Waals surface area contributed by atoms with E-state index in [2.05, 4.69) is 13.1 Å². The highest BCUT2D eigenvalue weighted by Gasteiger charge is 2.46. The van der Waals surface area contributed by atoms with Gasteiger partial charge in [-0.1, -0.05) is 0 Å². The molecule has 1 aromatic rings. The maximum atomic E-state index is 11.8. The molecule has 6 atom stereocenters. The first-order valence-electron chi connectivity index (χ1n) is 7.36. The summed E-state index contributed by atoms with van der Waals surface area (Å²) in [5.41, 5.74) is -2.30. The molecule has 2 rings (SSSR count). The Balaban J connectivity index is 2.09. The number of aromatic amines is 1. The molecule has 3 unspecified atom stereocenters. The molecule has 1 aliphatic rings. The molecule has 0 spiro atoms. The van der Waals surface area contributed by atoms with Crippen molar-refractivity contribution in [2.24, 2.45) is 0 Å². The number of nitrogens with zero attached hydrogens (tertiary/aromatic N) is 1. The van der Waals surface area contributed by atoms with E-state index in [-0.39, 0.29) is 0 Å². The van der Waals surface area contributed by atoms with Crippen LogP contribution in [0.15, 0.2) is 15.8 Å². The normalized spacial score (nSPS) is 28.7. The lowest BCUT2D eigenvalue weighted by molar-refractivity contribution is -0.0544. The zero-order chi connectivity index (χ0) is 23.1. The molecule has 21 heteroatoms. The van der Waals surface area contributed by atoms with Crippen molar-refractivity contribution in [1.29, 1.82) is 0 Å². The first kappa shape index (κ1) is 25.0. The molecule has 0 amide bonds. The molecule has 0 radical (unpaired) electrons. The third-order valence-electron chi connectivity index (χ3n) is 3.38. The van der Waals surface area contributed by atoms with Crippen molar-refractivity contribution in [3.8, 4) is 5.75 Å². The molecule has 0 saturated carbocycles. The lowest BCUT2D eigenvalue weighted by Crippen LogP contribution is -2.37. The number of aliphatic hydroxyl groups excluding tert-OH is 2. The van der Waals surface area contributed by atoms with Crippen molar-refractivity contribution in [2.45, 2.75) is 24.5 Å². The van der Waals surface area contributed by atoms with Gasteiger partial charge in [0.1, 0.15) is 18.3 Å². The van der Waals surface area contributed by atoms with Gasteiger partial charge in [0.2, 0.25) is 0 Å². The molecule has 2 heterocycles. The van der Waals surface area contributed by atoms with Crippen LogP contribution in [-0.2, 0) is 31.6 Å². The molecular formula is C9H15N2O16P3. The fourth-order valence-corrected chi connectivity index (χ4v) is 5.26. The topological polar surface area (TPSA) is 285 Å². The molecule has 0 aliphatic carbocycles. The van der Waals surface area contributed by atoms with Gasteiger partial charge in [-0.2, -0.15) is 8.62 Å². The molecule has 8 N–H and O–H groups in total. The summed E-state index contributed by atoms with van der Waals surface area (Å²) >= 11 is 0. The second-order valence-corrected chi connectivity index (χ2v) is 10.0. The van der Waals surface area contributed by atoms with Gasteiger partial charge < -0.3 is 39.6 Å². The highest BCUT2D eigenvalue weighted by Crippen LogP contribution is 2.66. The van der Waals surface area contributed by atoms with E-state index < -0.39 is 71.6 Å². The van der Waals surface area contributed by atoms with Gasteiger partial charge in [-0.15, -0.1) is 0 Å². The van der Waals surface area contributed by atoms with Crippen LogP contribution in [0.1, 0.15) is 6.23 Å². The molecule has 0 aromatic carbocycles. The van der Waals surface area contributed by atoms with Crippen LogP contribution in [0.5, 0.6) is 5.75 Å². The Kier molecular flexibility index (Phi) is 7.28. The standard InChI is InChI=1S/C9H15N2O16P3/c12-3-1-11(9(16)10-7(3)15)8-6(14)5(13)4(25-8)2-24-29(20,21)27-30(22,23)26-28(17,18)19/h1,4-6,8,12-14H,2H2,(H,20,21)(H,22,23)(H,10,15,16)(H2,17,18,19)/t4-,5?,6+,8-/m1/s1. The Labute approximate surface area is 164 Å². The summed E-state index contributed by atoms with van der Waals surface area (Å²) < 4.78 is 50.3. The van der Waals surface area contributed by atoms with E-state index in [9.17, 15) is 43.5 Å². The van der Waals surface area contributed by atoms with Crippen LogP contribution in [0, 0.1) is 0 Å². The number of ether oxygens (including phenoxy) is 1. The molecule has 172 valence electrons. The largest absolute Gasteiger partial charge is 0.502 e. The van der Waals surface area contributed by atoms with Gasteiger partial charge in [0.15, 0.2) is 12.0 Å². The van der Waals surface area contributed by atoms with Gasteiger partial charge in [-0.3, -0.25) is 18.9 Å². The van der Waals surface area contributed by atoms with Gasteiger partial charge in [-0.25, -0.2) is 18.5 Å². The number of hydrogen-bond donors (Lipinski definition) is 8. The van der Waals surface area contributed by atoms with Crippen molar-refractivity contribution in [3.63, 3.8) is 0 Å². The van der Waals surface area contributed by atoms with E-state index in [0.717, 1.165) is 0 Å². The van der Waals surface area contributed by atoms with Crippen LogP contribution in [0.2, 0.25) is 0 Å². The summed E-state index contributed by atoms with van der Waals surface area (Å²) in [6, 6.07) is 0. The van der Waals surface area contributed by atoms with E-state index in [4.69, 9.17) is 19.4 Å². The third-order valence-corrected chi connectivity index (χ3v) is 7.18.